The third-order valence-electron chi connectivity index (χ3n) is 5.04. The second kappa shape index (κ2) is 8.82. The first-order valence-corrected chi connectivity index (χ1v) is 9.67. The van der Waals surface area contributed by atoms with Crippen molar-refractivity contribution in [2.75, 3.05) is 0 Å². The summed E-state index contributed by atoms with van der Waals surface area (Å²) in [6, 6.07) is 24.0. The van der Waals surface area contributed by atoms with Crippen LogP contribution in [0.2, 0.25) is 0 Å². The molecule has 0 radical (unpaired) electrons. The topological polar surface area (TPSA) is 20.2 Å². The summed E-state index contributed by atoms with van der Waals surface area (Å²) < 4.78 is 0. The molecule has 26 heavy (non-hydrogen) atoms. The summed E-state index contributed by atoms with van der Waals surface area (Å²) in [4.78, 5) is 0. The third-order valence-corrected chi connectivity index (χ3v) is 5.04. The van der Waals surface area contributed by atoms with Gasteiger partial charge < -0.3 is 5.11 Å². The molecule has 0 amide bonds. The van der Waals surface area contributed by atoms with E-state index in [2.05, 4.69) is 74.5 Å². The van der Waals surface area contributed by atoms with Crippen LogP contribution in [0.5, 0.6) is 0 Å². The lowest BCUT2D eigenvalue weighted by Gasteiger charge is -2.11. The van der Waals surface area contributed by atoms with Gasteiger partial charge in [0.1, 0.15) is 0 Å². The molecule has 0 saturated carbocycles. The predicted molar refractivity (Wildman–Crippen MR) is 111 cm³/mol. The fourth-order valence-electron chi connectivity index (χ4n) is 3.41. The van der Waals surface area contributed by atoms with E-state index in [4.69, 9.17) is 0 Å². The summed E-state index contributed by atoms with van der Waals surface area (Å²) in [5.74, 6) is 0. The summed E-state index contributed by atoms with van der Waals surface area (Å²) in [7, 11) is 0. The van der Waals surface area contributed by atoms with Gasteiger partial charge in [0.15, 0.2) is 0 Å². The number of unbranched alkanes of at least 4 members (excludes halogenated alkanes) is 1. The van der Waals surface area contributed by atoms with Crippen LogP contribution in [0.4, 0.5) is 0 Å². The minimum Gasteiger partial charge on any atom is -0.392 e. The van der Waals surface area contributed by atoms with Gasteiger partial charge in [-0.15, -0.1) is 0 Å². The number of rotatable bonds is 7. The number of benzene rings is 3. The van der Waals surface area contributed by atoms with E-state index < -0.39 is 0 Å². The summed E-state index contributed by atoms with van der Waals surface area (Å²) in [5, 5.41) is 9.35. The van der Waals surface area contributed by atoms with Crippen LogP contribution in [-0.4, -0.2) is 5.11 Å². The van der Waals surface area contributed by atoms with Gasteiger partial charge in [-0.1, -0.05) is 87.0 Å². The first kappa shape index (κ1) is 18.4. The molecule has 0 bridgehead atoms. The van der Waals surface area contributed by atoms with Crippen molar-refractivity contribution >= 4 is 0 Å². The number of aliphatic hydroxyl groups is 1. The number of hydrogen-bond donors (Lipinski definition) is 1. The molecule has 0 saturated heterocycles. The number of aliphatic hydroxyl groups excluding tert-OH is 1. The van der Waals surface area contributed by atoms with Gasteiger partial charge in [0.05, 0.1) is 6.61 Å². The van der Waals surface area contributed by atoms with Crippen molar-refractivity contribution in [3.63, 3.8) is 0 Å². The minimum absolute atomic E-state index is 0.0977. The van der Waals surface area contributed by atoms with Crippen LogP contribution in [0, 0.1) is 0 Å². The van der Waals surface area contributed by atoms with Crippen LogP contribution in [0.3, 0.4) is 0 Å². The lowest BCUT2D eigenvalue weighted by Crippen LogP contribution is -1.92. The van der Waals surface area contributed by atoms with Gasteiger partial charge in [0.2, 0.25) is 0 Å². The molecule has 0 aliphatic carbocycles. The SMILES string of the molecule is CCCCc1ccc(-c2ccc(-c3ccc(CO)cc3CC)cc2)cc1. The molecule has 3 aromatic rings. The number of hydrogen-bond acceptors (Lipinski definition) is 1. The largest absolute Gasteiger partial charge is 0.392 e. The Bertz CT molecular complexity index is 829. The quantitative estimate of drug-likeness (QED) is 0.524. The molecule has 0 unspecified atom stereocenters. The Morgan fingerprint density at radius 3 is 1.85 bits per heavy atom. The Kier molecular flexibility index (Phi) is 6.25. The molecule has 0 aliphatic rings. The van der Waals surface area contributed by atoms with E-state index in [0.717, 1.165) is 12.0 Å². The third kappa shape index (κ3) is 4.23. The van der Waals surface area contributed by atoms with Gasteiger partial charge in [0, 0.05) is 0 Å². The van der Waals surface area contributed by atoms with E-state index in [1.807, 2.05) is 6.07 Å². The highest BCUT2D eigenvalue weighted by atomic mass is 16.3. The van der Waals surface area contributed by atoms with E-state index in [1.165, 1.54) is 52.6 Å². The highest BCUT2D eigenvalue weighted by molar-refractivity contribution is 5.72. The Morgan fingerprint density at radius 1 is 0.692 bits per heavy atom. The zero-order valence-corrected chi connectivity index (χ0v) is 15.8. The molecule has 1 nitrogen and oxygen atoms in total. The highest BCUT2D eigenvalue weighted by Crippen LogP contribution is 2.28. The Balaban J connectivity index is 1.82. The van der Waals surface area contributed by atoms with E-state index >= 15 is 0 Å². The summed E-state index contributed by atoms with van der Waals surface area (Å²) in [6.45, 7) is 4.49. The van der Waals surface area contributed by atoms with Gasteiger partial charge in [-0.25, -0.2) is 0 Å². The van der Waals surface area contributed by atoms with Gasteiger partial charge in [0.25, 0.3) is 0 Å². The summed E-state index contributed by atoms with van der Waals surface area (Å²) in [5.41, 5.74) is 8.68. The molecule has 0 heterocycles. The predicted octanol–water partition coefficient (Wildman–Crippen LogP) is 6.42. The van der Waals surface area contributed by atoms with Crippen LogP contribution < -0.4 is 0 Å². The van der Waals surface area contributed by atoms with Crippen molar-refractivity contribution in [1.82, 2.24) is 0 Å². The Morgan fingerprint density at radius 2 is 1.27 bits per heavy atom. The summed E-state index contributed by atoms with van der Waals surface area (Å²) in [6.07, 6.45) is 4.62. The van der Waals surface area contributed by atoms with Gasteiger partial charge >= 0.3 is 0 Å². The lowest BCUT2D eigenvalue weighted by molar-refractivity contribution is 0.282. The van der Waals surface area contributed by atoms with Gasteiger partial charge in [-0.2, -0.15) is 0 Å². The van der Waals surface area contributed by atoms with Crippen LogP contribution >= 0.6 is 0 Å². The van der Waals surface area contributed by atoms with Crippen molar-refractivity contribution < 1.29 is 5.11 Å². The first-order valence-electron chi connectivity index (χ1n) is 9.67. The maximum absolute atomic E-state index is 9.35. The van der Waals surface area contributed by atoms with E-state index in [9.17, 15) is 5.11 Å². The smallest absolute Gasteiger partial charge is 0.0681 e. The standard InChI is InChI=1S/C25H28O/c1-3-5-6-19-7-10-22(11-8-19)23-12-14-24(15-13-23)25-16-9-20(18-26)17-21(25)4-2/h7-17,26H,3-6,18H2,1-2H3. The first-order chi connectivity index (χ1) is 12.7. The molecular formula is C25H28O. The van der Waals surface area contributed by atoms with Crippen molar-refractivity contribution in [3.8, 4) is 22.3 Å². The molecule has 3 rings (SSSR count). The Hall–Kier alpha value is -2.38. The summed E-state index contributed by atoms with van der Waals surface area (Å²) >= 11 is 0. The lowest BCUT2D eigenvalue weighted by atomic mass is 9.94. The molecule has 0 spiro atoms. The monoisotopic (exact) mass is 344 g/mol. The normalized spacial score (nSPS) is 10.9. The fraction of sp³-hybridized carbons (Fsp3) is 0.280. The zero-order valence-electron chi connectivity index (χ0n) is 15.8. The molecule has 0 atom stereocenters. The van der Waals surface area contributed by atoms with E-state index in [1.54, 1.807) is 0 Å². The van der Waals surface area contributed by atoms with Gasteiger partial charge in [-0.3, -0.25) is 0 Å². The van der Waals surface area contributed by atoms with Crippen molar-refractivity contribution in [1.29, 1.82) is 0 Å². The maximum Gasteiger partial charge on any atom is 0.0681 e. The number of aryl methyl sites for hydroxylation is 2. The van der Waals surface area contributed by atoms with Gasteiger partial charge in [-0.05, 0) is 58.2 Å². The minimum atomic E-state index is 0.0977. The van der Waals surface area contributed by atoms with Crippen molar-refractivity contribution in [2.45, 2.75) is 46.1 Å². The van der Waals surface area contributed by atoms with E-state index in [0.29, 0.717) is 0 Å². The fourth-order valence-corrected chi connectivity index (χ4v) is 3.41. The van der Waals surface area contributed by atoms with E-state index in [-0.39, 0.29) is 6.61 Å². The molecule has 0 fully saturated rings. The molecule has 134 valence electrons. The second-order valence-corrected chi connectivity index (χ2v) is 6.88. The van der Waals surface area contributed by atoms with Crippen LogP contribution in [0.15, 0.2) is 66.7 Å². The second-order valence-electron chi connectivity index (χ2n) is 6.88. The highest BCUT2D eigenvalue weighted by Gasteiger charge is 2.06. The van der Waals surface area contributed by atoms with Crippen LogP contribution in [0.25, 0.3) is 22.3 Å². The zero-order chi connectivity index (χ0) is 18.4. The van der Waals surface area contributed by atoms with Crippen LogP contribution in [-0.2, 0) is 19.4 Å². The average molecular weight is 344 g/mol. The molecule has 1 heteroatoms. The molecule has 1 N–H and O–H groups in total. The maximum atomic E-state index is 9.35. The van der Waals surface area contributed by atoms with Crippen LogP contribution in [0.1, 0.15) is 43.4 Å². The average Bonchev–Trinajstić information content (AvgIpc) is 2.72. The molecule has 3 aromatic carbocycles. The molecule has 0 aliphatic heterocycles. The molecule has 0 aromatic heterocycles. The van der Waals surface area contributed by atoms with Crippen molar-refractivity contribution in [3.05, 3.63) is 83.4 Å². The van der Waals surface area contributed by atoms with Crippen molar-refractivity contribution in [2.24, 2.45) is 0 Å². The molecular weight excluding hydrogens is 316 g/mol. The Labute approximate surface area is 157 Å².